The number of aromatic amines is 1. The van der Waals surface area contributed by atoms with Crippen LogP contribution in [0.25, 0.3) is 0 Å². The summed E-state index contributed by atoms with van der Waals surface area (Å²) in [5, 5.41) is 0. The summed E-state index contributed by atoms with van der Waals surface area (Å²) in [4.78, 5) is 16.4. The number of hydrogen-bond donors (Lipinski definition) is 2. The average Bonchev–Trinajstić information content (AvgIpc) is 2.75. The van der Waals surface area contributed by atoms with Gasteiger partial charge in [-0.25, -0.2) is 4.98 Å². The van der Waals surface area contributed by atoms with E-state index in [4.69, 9.17) is 15.2 Å². The number of nitrogen functional groups attached to an aromatic ring is 1. The number of H-pyrrole nitrogens is 1. The van der Waals surface area contributed by atoms with Gasteiger partial charge < -0.3 is 24.9 Å². The lowest BCUT2D eigenvalue weighted by molar-refractivity contribution is -0.142. The van der Waals surface area contributed by atoms with Gasteiger partial charge in [-0.1, -0.05) is 0 Å². The molecule has 20 heavy (non-hydrogen) atoms. The molecule has 3 N–H and O–H groups in total. The van der Waals surface area contributed by atoms with Crippen molar-refractivity contribution in [2.24, 2.45) is 0 Å². The van der Waals surface area contributed by atoms with Gasteiger partial charge in [0.25, 0.3) is 6.47 Å². The highest BCUT2D eigenvalue weighted by Crippen LogP contribution is 2.16. The molecule has 0 aromatic carbocycles. The molecule has 0 atom stereocenters. The van der Waals surface area contributed by atoms with Crippen LogP contribution in [0.15, 0.2) is 6.20 Å². The van der Waals surface area contributed by atoms with Crippen molar-refractivity contribution in [3.05, 3.63) is 11.9 Å². The molecule has 0 fully saturated rings. The van der Waals surface area contributed by atoms with E-state index in [0.717, 1.165) is 0 Å². The zero-order chi connectivity index (χ0) is 15.6. The molecule has 0 radical (unpaired) electrons. The molecule has 0 saturated heterocycles. The topological polar surface area (TPSA) is 99.5 Å². The zero-order valence-electron chi connectivity index (χ0n) is 12.8. The maximum absolute atomic E-state index is 9.60. The Balaban J connectivity index is 0.000000441. The predicted molar refractivity (Wildman–Crippen MR) is 75.9 cm³/mol. The normalized spacial score (nSPS) is 10.9. The maximum Gasteiger partial charge on any atom is 0.293 e. The van der Waals surface area contributed by atoms with E-state index in [1.165, 1.54) is 0 Å². The van der Waals surface area contributed by atoms with Crippen LogP contribution in [0.1, 0.15) is 46.6 Å². The molecule has 0 aliphatic heterocycles. The summed E-state index contributed by atoms with van der Waals surface area (Å²) in [5.41, 5.74) is 5.79. The van der Waals surface area contributed by atoms with Crippen LogP contribution in [0.2, 0.25) is 0 Å². The predicted octanol–water partition coefficient (Wildman–Crippen LogP) is 2.02. The average molecular weight is 287 g/mol. The van der Waals surface area contributed by atoms with E-state index in [0.29, 0.717) is 31.3 Å². The molecule has 0 aliphatic carbocycles. The maximum atomic E-state index is 9.60. The third-order valence-electron chi connectivity index (χ3n) is 1.90. The molecular formula is C13H25N3O4. The summed E-state index contributed by atoms with van der Waals surface area (Å²) in [6, 6.07) is 0. The zero-order valence-corrected chi connectivity index (χ0v) is 12.8. The van der Waals surface area contributed by atoms with Gasteiger partial charge in [0.15, 0.2) is 5.95 Å². The number of rotatable bonds is 6. The van der Waals surface area contributed by atoms with Crippen molar-refractivity contribution < 1.29 is 19.0 Å². The number of ether oxygens (including phenoxy) is 3. The molecular weight excluding hydrogens is 262 g/mol. The number of imidazole rings is 1. The molecule has 7 heteroatoms. The second-order valence-corrected chi connectivity index (χ2v) is 4.78. The summed E-state index contributed by atoms with van der Waals surface area (Å²) in [6.07, 6.45) is 1.27. The molecule has 0 bridgehead atoms. The van der Waals surface area contributed by atoms with Crippen molar-refractivity contribution in [3.8, 4) is 0 Å². The minimum atomic E-state index is -0.413. The fourth-order valence-corrected chi connectivity index (χ4v) is 1.14. The molecule has 1 heterocycles. The van der Waals surface area contributed by atoms with E-state index in [-0.39, 0.29) is 5.60 Å². The van der Waals surface area contributed by atoms with Crippen LogP contribution in [-0.4, -0.2) is 35.3 Å². The highest BCUT2D eigenvalue weighted by atomic mass is 16.7. The number of carbonyl (C=O) groups excluding carboxylic acids is 1. The first-order valence-corrected chi connectivity index (χ1v) is 6.49. The number of nitrogens with one attached hydrogen (secondary N) is 1. The van der Waals surface area contributed by atoms with Crippen LogP contribution in [0.3, 0.4) is 0 Å². The first-order chi connectivity index (χ1) is 9.34. The van der Waals surface area contributed by atoms with E-state index in [1.807, 2.05) is 34.6 Å². The van der Waals surface area contributed by atoms with E-state index < -0.39 is 6.29 Å². The van der Waals surface area contributed by atoms with Gasteiger partial charge in [0.2, 0.25) is 6.29 Å². The molecule has 116 valence electrons. The quantitative estimate of drug-likeness (QED) is 0.613. The number of nitrogens with zero attached hydrogens (tertiary/aromatic N) is 1. The van der Waals surface area contributed by atoms with Crippen LogP contribution >= 0.6 is 0 Å². The smallest absolute Gasteiger partial charge is 0.293 e. The van der Waals surface area contributed by atoms with Crippen LogP contribution in [-0.2, 0) is 19.0 Å². The molecule has 1 rings (SSSR count). The van der Waals surface area contributed by atoms with E-state index in [2.05, 4.69) is 14.7 Å². The molecule has 1 aromatic heterocycles. The highest BCUT2D eigenvalue weighted by Gasteiger charge is 2.13. The van der Waals surface area contributed by atoms with Crippen molar-refractivity contribution in [1.82, 2.24) is 9.97 Å². The highest BCUT2D eigenvalue weighted by molar-refractivity contribution is 5.37. The lowest BCUT2D eigenvalue weighted by Gasteiger charge is -2.14. The van der Waals surface area contributed by atoms with E-state index in [1.54, 1.807) is 6.20 Å². The molecule has 0 spiro atoms. The van der Waals surface area contributed by atoms with Gasteiger partial charge in [0.1, 0.15) is 11.3 Å². The fraction of sp³-hybridized carbons (Fsp3) is 0.692. The Morgan fingerprint density at radius 2 is 1.90 bits per heavy atom. The van der Waals surface area contributed by atoms with Crippen LogP contribution in [0.5, 0.6) is 0 Å². The summed E-state index contributed by atoms with van der Waals surface area (Å²) in [6.45, 7) is 10.9. The Hall–Kier alpha value is -1.60. The van der Waals surface area contributed by atoms with E-state index >= 15 is 0 Å². The fourth-order valence-electron chi connectivity index (χ4n) is 1.14. The minimum absolute atomic E-state index is 0.318. The molecule has 7 nitrogen and oxygen atoms in total. The van der Waals surface area contributed by atoms with Gasteiger partial charge in [-0.3, -0.25) is 4.79 Å². The summed E-state index contributed by atoms with van der Waals surface area (Å²) < 4.78 is 15.2. The Bertz CT molecular complexity index is 368. The van der Waals surface area contributed by atoms with Crippen molar-refractivity contribution >= 4 is 12.4 Å². The lowest BCUT2D eigenvalue weighted by Crippen LogP contribution is -2.17. The van der Waals surface area contributed by atoms with Gasteiger partial charge in [-0.05, 0) is 34.6 Å². The van der Waals surface area contributed by atoms with Crippen molar-refractivity contribution in [2.45, 2.75) is 46.5 Å². The van der Waals surface area contributed by atoms with E-state index in [9.17, 15) is 4.79 Å². The molecule has 0 aliphatic rings. The van der Waals surface area contributed by atoms with Gasteiger partial charge in [0.05, 0.1) is 0 Å². The SMILES string of the molecule is CC(C)(C)OC=O.CCOC(OCC)c1c[nH]c(N)n1. The summed E-state index contributed by atoms with van der Waals surface area (Å²) in [7, 11) is 0. The molecule has 1 aromatic rings. The van der Waals surface area contributed by atoms with Gasteiger partial charge in [-0.15, -0.1) is 0 Å². The first kappa shape index (κ1) is 18.4. The molecule has 0 unspecified atom stereocenters. The minimum Gasteiger partial charge on any atom is -0.462 e. The second kappa shape index (κ2) is 9.33. The molecule has 0 amide bonds. The number of nitrogens with two attached hydrogens (primary N) is 1. The third kappa shape index (κ3) is 8.49. The number of anilines is 1. The number of carbonyl (C=O) groups is 1. The van der Waals surface area contributed by atoms with Crippen LogP contribution < -0.4 is 5.73 Å². The van der Waals surface area contributed by atoms with Gasteiger partial charge in [0, 0.05) is 19.4 Å². The number of aromatic nitrogens is 2. The van der Waals surface area contributed by atoms with Crippen LogP contribution in [0.4, 0.5) is 5.95 Å². The third-order valence-corrected chi connectivity index (χ3v) is 1.90. The van der Waals surface area contributed by atoms with Gasteiger partial charge >= 0.3 is 0 Å². The van der Waals surface area contributed by atoms with Gasteiger partial charge in [-0.2, -0.15) is 0 Å². The lowest BCUT2D eigenvalue weighted by atomic mass is 10.2. The van der Waals surface area contributed by atoms with Crippen LogP contribution in [0, 0.1) is 0 Å². The summed E-state index contributed by atoms with van der Waals surface area (Å²) >= 11 is 0. The van der Waals surface area contributed by atoms with Crippen molar-refractivity contribution in [1.29, 1.82) is 0 Å². The Kier molecular flexibility index (Phi) is 8.58. The molecule has 0 saturated carbocycles. The van der Waals surface area contributed by atoms with Crippen molar-refractivity contribution in [2.75, 3.05) is 18.9 Å². The Morgan fingerprint density at radius 3 is 2.15 bits per heavy atom. The Labute approximate surface area is 119 Å². The standard InChI is InChI=1S/C8H15N3O2.C5H10O2/c1-3-12-7(13-4-2)6-5-10-8(9)11-6;1-5(2,3)7-4-6/h5,7H,3-4H2,1-2H3,(H3,9,10,11);4H,1-3H3. The van der Waals surface area contributed by atoms with Crippen molar-refractivity contribution in [3.63, 3.8) is 0 Å². The second-order valence-electron chi connectivity index (χ2n) is 4.78. The first-order valence-electron chi connectivity index (χ1n) is 6.49. The summed E-state index contributed by atoms with van der Waals surface area (Å²) in [5.74, 6) is 0.374. The Morgan fingerprint density at radius 1 is 1.35 bits per heavy atom. The number of hydrogen-bond acceptors (Lipinski definition) is 6. The largest absolute Gasteiger partial charge is 0.462 e. The monoisotopic (exact) mass is 287 g/mol.